The van der Waals surface area contributed by atoms with Crippen LogP contribution < -0.4 is 20.7 Å². The summed E-state index contributed by atoms with van der Waals surface area (Å²) in [6, 6.07) is 5.43. The molecule has 22 heavy (non-hydrogen) atoms. The Kier molecular flexibility index (Phi) is 7.14. The van der Waals surface area contributed by atoms with Gasteiger partial charge in [0.05, 0.1) is 12.8 Å². The number of rotatable bonds is 5. The van der Waals surface area contributed by atoms with Crippen molar-refractivity contribution < 1.29 is 14.3 Å². The molecule has 0 bridgehead atoms. The number of carbonyl (C=O) groups is 2. The van der Waals surface area contributed by atoms with E-state index >= 15 is 0 Å². The Morgan fingerprint density at radius 2 is 2.14 bits per heavy atom. The van der Waals surface area contributed by atoms with Crippen molar-refractivity contribution >= 4 is 35.6 Å². The van der Waals surface area contributed by atoms with Crippen LogP contribution in [0.2, 0.25) is 0 Å². The summed E-state index contributed by atoms with van der Waals surface area (Å²) in [5.74, 6) is 0.334. The summed E-state index contributed by atoms with van der Waals surface area (Å²) < 4.78 is 5.18. The molecule has 122 valence electrons. The number of benzene rings is 1. The van der Waals surface area contributed by atoms with Gasteiger partial charge in [0.25, 0.3) is 0 Å². The van der Waals surface area contributed by atoms with Gasteiger partial charge >= 0.3 is 0 Å². The molecule has 1 heterocycles. The van der Waals surface area contributed by atoms with Gasteiger partial charge in [-0.2, -0.15) is 0 Å². The molecule has 0 radical (unpaired) electrons. The molecule has 1 aliphatic heterocycles. The van der Waals surface area contributed by atoms with Gasteiger partial charge in [0.2, 0.25) is 11.8 Å². The van der Waals surface area contributed by atoms with Crippen molar-refractivity contribution in [2.24, 2.45) is 0 Å². The molecule has 1 aromatic carbocycles. The third kappa shape index (κ3) is 5.20. The van der Waals surface area contributed by atoms with Gasteiger partial charge in [-0.3, -0.25) is 9.59 Å². The summed E-state index contributed by atoms with van der Waals surface area (Å²) in [4.78, 5) is 23.2. The molecular weight excluding hydrogens is 306 g/mol. The van der Waals surface area contributed by atoms with Crippen LogP contribution in [-0.2, 0) is 9.59 Å². The van der Waals surface area contributed by atoms with Gasteiger partial charge in [-0.05, 0) is 37.6 Å². The van der Waals surface area contributed by atoms with Gasteiger partial charge in [0.1, 0.15) is 5.75 Å². The summed E-state index contributed by atoms with van der Waals surface area (Å²) in [5, 5.41) is 8.82. The Hall–Kier alpha value is -1.79. The van der Waals surface area contributed by atoms with Gasteiger partial charge in [-0.1, -0.05) is 0 Å². The quantitative estimate of drug-likeness (QED) is 0.774. The third-order valence-corrected chi connectivity index (χ3v) is 3.39. The molecule has 3 N–H and O–H groups in total. The van der Waals surface area contributed by atoms with Crippen LogP contribution >= 0.6 is 12.4 Å². The van der Waals surface area contributed by atoms with Crippen molar-refractivity contribution in [1.29, 1.82) is 0 Å². The Balaban J connectivity index is 0.00000242. The van der Waals surface area contributed by atoms with Crippen LogP contribution in [0.4, 0.5) is 11.4 Å². The number of methoxy groups -OCH3 is 1. The Morgan fingerprint density at radius 1 is 1.36 bits per heavy atom. The first-order valence-electron chi connectivity index (χ1n) is 7.07. The monoisotopic (exact) mass is 327 g/mol. The van der Waals surface area contributed by atoms with Crippen LogP contribution in [0.1, 0.15) is 26.2 Å². The van der Waals surface area contributed by atoms with E-state index in [2.05, 4.69) is 16.0 Å². The average Bonchev–Trinajstić information content (AvgIpc) is 2.91. The van der Waals surface area contributed by atoms with Crippen molar-refractivity contribution in [3.8, 4) is 5.75 Å². The molecule has 2 rings (SSSR count). The zero-order valence-corrected chi connectivity index (χ0v) is 13.6. The zero-order chi connectivity index (χ0) is 15.2. The van der Waals surface area contributed by atoms with Crippen molar-refractivity contribution in [1.82, 2.24) is 5.32 Å². The molecule has 6 nitrogen and oxygen atoms in total. The fourth-order valence-electron chi connectivity index (χ4n) is 2.44. The molecule has 1 unspecified atom stereocenters. The van der Waals surface area contributed by atoms with Gasteiger partial charge in [0.15, 0.2) is 0 Å². The predicted octanol–water partition coefficient (Wildman–Crippen LogP) is 2.16. The average molecular weight is 328 g/mol. The number of amides is 2. The van der Waals surface area contributed by atoms with Crippen LogP contribution in [-0.4, -0.2) is 31.5 Å². The lowest BCUT2D eigenvalue weighted by atomic mass is 10.1. The summed E-state index contributed by atoms with van der Waals surface area (Å²) in [5.41, 5.74) is 1.18. The fourth-order valence-corrected chi connectivity index (χ4v) is 2.44. The normalized spacial score (nSPS) is 16.5. The Labute approximate surface area is 136 Å². The first-order valence-corrected chi connectivity index (χ1v) is 7.07. The van der Waals surface area contributed by atoms with Crippen LogP contribution in [0.3, 0.4) is 0 Å². The number of carbonyl (C=O) groups excluding carboxylic acids is 2. The van der Waals surface area contributed by atoms with Crippen molar-refractivity contribution in [2.45, 2.75) is 32.2 Å². The highest BCUT2D eigenvalue weighted by Gasteiger charge is 2.18. The molecule has 1 aromatic rings. The molecule has 1 fully saturated rings. The van der Waals surface area contributed by atoms with Gasteiger partial charge in [0, 0.05) is 25.1 Å². The Morgan fingerprint density at radius 3 is 2.73 bits per heavy atom. The van der Waals surface area contributed by atoms with E-state index in [-0.39, 0.29) is 30.3 Å². The number of halogens is 1. The molecule has 1 saturated heterocycles. The smallest absolute Gasteiger partial charge is 0.225 e. The number of nitrogens with one attached hydrogen (secondary N) is 3. The highest BCUT2D eigenvalue weighted by atomic mass is 35.5. The molecular formula is C15H22ClN3O3. The van der Waals surface area contributed by atoms with E-state index in [1.165, 1.54) is 14.0 Å². The second kappa shape index (κ2) is 8.60. The highest BCUT2D eigenvalue weighted by Crippen LogP contribution is 2.28. The molecule has 0 aliphatic carbocycles. The first-order chi connectivity index (χ1) is 10.1. The lowest BCUT2D eigenvalue weighted by Crippen LogP contribution is -2.27. The maximum absolute atomic E-state index is 12.0. The molecule has 0 saturated carbocycles. The second-order valence-corrected chi connectivity index (χ2v) is 5.14. The standard InChI is InChI=1S/C15H21N3O3.ClH/c1-10(19)17-13-8-12(5-6-14(13)21-2)18-15(20)9-11-4-3-7-16-11;/h5-6,8,11,16H,3-4,7,9H2,1-2H3,(H,17,19)(H,18,20);1H. The topological polar surface area (TPSA) is 79.5 Å². The zero-order valence-electron chi connectivity index (χ0n) is 12.8. The second-order valence-electron chi connectivity index (χ2n) is 5.14. The lowest BCUT2D eigenvalue weighted by molar-refractivity contribution is -0.116. The molecule has 7 heteroatoms. The minimum absolute atomic E-state index is 0. The van der Waals surface area contributed by atoms with Crippen LogP contribution in [0.5, 0.6) is 5.75 Å². The molecule has 1 aliphatic rings. The van der Waals surface area contributed by atoms with Gasteiger partial charge < -0.3 is 20.7 Å². The summed E-state index contributed by atoms with van der Waals surface area (Å²) in [6.45, 7) is 2.41. The van der Waals surface area contributed by atoms with Gasteiger partial charge in [-0.15, -0.1) is 12.4 Å². The maximum Gasteiger partial charge on any atom is 0.225 e. The number of ether oxygens (including phenoxy) is 1. The largest absolute Gasteiger partial charge is 0.495 e. The van der Waals surface area contributed by atoms with E-state index < -0.39 is 0 Å². The lowest BCUT2D eigenvalue weighted by Gasteiger charge is -2.13. The molecule has 0 spiro atoms. The fraction of sp³-hybridized carbons (Fsp3) is 0.467. The van der Waals surface area contributed by atoms with Crippen molar-refractivity contribution in [3.63, 3.8) is 0 Å². The van der Waals surface area contributed by atoms with Crippen LogP contribution in [0.25, 0.3) is 0 Å². The third-order valence-electron chi connectivity index (χ3n) is 3.39. The predicted molar refractivity (Wildman–Crippen MR) is 88.8 cm³/mol. The van der Waals surface area contributed by atoms with Crippen molar-refractivity contribution in [3.05, 3.63) is 18.2 Å². The van der Waals surface area contributed by atoms with Crippen LogP contribution in [0, 0.1) is 0 Å². The van der Waals surface area contributed by atoms with E-state index in [4.69, 9.17) is 4.74 Å². The maximum atomic E-state index is 12.0. The SMILES string of the molecule is COc1ccc(NC(=O)CC2CCCN2)cc1NC(C)=O.Cl. The number of hydrogen-bond donors (Lipinski definition) is 3. The van der Waals surface area contributed by atoms with E-state index in [1.807, 2.05) is 0 Å². The van der Waals surface area contributed by atoms with Crippen molar-refractivity contribution in [2.75, 3.05) is 24.3 Å². The molecule has 1 atom stereocenters. The minimum atomic E-state index is -0.188. The molecule has 2 amide bonds. The number of hydrogen-bond acceptors (Lipinski definition) is 4. The number of anilines is 2. The summed E-state index contributed by atoms with van der Waals surface area (Å²) >= 11 is 0. The van der Waals surface area contributed by atoms with E-state index in [0.717, 1.165) is 19.4 Å². The molecule has 0 aromatic heterocycles. The highest BCUT2D eigenvalue weighted by molar-refractivity contribution is 5.94. The van der Waals surface area contributed by atoms with E-state index in [0.29, 0.717) is 23.5 Å². The van der Waals surface area contributed by atoms with E-state index in [1.54, 1.807) is 18.2 Å². The van der Waals surface area contributed by atoms with Gasteiger partial charge in [-0.25, -0.2) is 0 Å². The van der Waals surface area contributed by atoms with Crippen LogP contribution in [0.15, 0.2) is 18.2 Å². The Bertz CT molecular complexity index is 531. The minimum Gasteiger partial charge on any atom is -0.495 e. The first kappa shape index (κ1) is 18.3. The summed E-state index contributed by atoms with van der Waals surface area (Å²) in [7, 11) is 1.53. The van der Waals surface area contributed by atoms with E-state index in [9.17, 15) is 9.59 Å². The summed E-state index contributed by atoms with van der Waals surface area (Å²) in [6.07, 6.45) is 2.61.